The van der Waals surface area contributed by atoms with Gasteiger partial charge in [0, 0.05) is 29.8 Å². The Balaban J connectivity index is 2.04. The van der Waals surface area contributed by atoms with Crippen molar-refractivity contribution < 1.29 is 9.90 Å². The molecule has 1 aromatic heterocycles. The molecule has 5 heteroatoms. The van der Waals surface area contributed by atoms with Gasteiger partial charge in [-0.25, -0.2) is 9.97 Å². The Kier molecular flexibility index (Phi) is 5.28. The highest BCUT2D eigenvalue weighted by Gasteiger charge is 2.24. The van der Waals surface area contributed by atoms with E-state index in [0.29, 0.717) is 18.4 Å². The lowest BCUT2D eigenvalue weighted by Gasteiger charge is -2.34. The van der Waals surface area contributed by atoms with Gasteiger partial charge in [-0.1, -0.05) is 0 Å². The van der Waals surface area contributed by atoms with E-state index in [1.807, 2.05) is 13.0 Å². The van der Waals surface area contributed by atoms with Gasteiger partial charge in [0.1, 0.15) is 5.82 Å². The Bertz CT molecular complexity index is 494. The second-order valence-corrected chi connectivity index (χ2v) is 6.16. The minimum Gasteiger partial charge on any atom is -0.481 e. The monoisotopic (exact) mass is 291 g/mol. The number of rotatable bonds is 5. The maximum absolute atomic E-state index is 10.7. The standard InChI is InChI=1S/C16H25N3O2/c1-11(2)19-8-6-13(7-9-19)16-17-12(3)10-14(18-16)4-5-15(20)21/h10-11,13H,4-9H2,1-3H3,(H,20,21). The zero-order valence-electron chi connectivity index (χ0n) is 13.2. The summed E-state index contributed by atoms with van der Waals surface area (Å²) < 4.78 is 0. The molecule has 0 amide bonds. The van der Waals surface area contributed by atoms with Crippen LogP contribution >= 0.6 is 0 Å². The summed E-state index contributed by atoms with van der Waals surface area (Å²) in [5, 5.41) is 8.79. The van der Waals surface area contributed by atoms with Crippen LogP contribution in [0.1, 0.15) is 56.2 Å². The molecule has 0 spiro atoms. The molecule has 0 radical (unpaired) electrons. The highest BCUT2D eigenvalue weighted by atomic mass is 16.4. The molecular formula is C16H25N3O2. The lowest BCUT2D eigenvalue weighted by Crippen LogP contribution is -2.38. The number of hydrogen-bond donors (Lipinski definition) is 1. The van der Waals surface area contributed by atoms with Crippen molar-refractivity contribution in [3.63, 3.8) is 0 Å². The van der Waals surface area contributed by atoms with Crippen molar-refractivity contribution in [1.29, 1.82) is 0 Å². The highest BCUT2D eigenvalue weighted by Crippen LogP contribution is 2.26. The Hall–Kier alpha value is -1.49. The number of carboxylic acids is 1. The predicted octanol–water partition coefficient (Wildman–Crippen LogP) is 2.39. The van der Waals surface area contributed by atoms with Crippen molar-refractivity contribution >= 4 is 5.97 Å². The van der Waals surface area contributed by atoms with Crippen LogP contribution in [0.2, 0.25) is 0 Å². The van der Waals surface area contributed by atoms with Gasteiger partial charge in [0.2, 0.25) is 0 Å². The number of aliphatic carboxylic acids is 1. The van der Waals surface area contributed by atoms with E-state index < -0.39 is 5.97 Å². The normalized spacial score (nSPS) is 17.3. The topological polar surface area (TPSA) is 66.3 Å². The third kappa shape index (κ3) is 4.49. The number of hydrogen-bond acceptors (Lipinski definition) is 4. The second-order valence-electron chi connectivity index (χ2n) is 6.16. The van der Waals surface area contributed by atoms with Crippen molar-refractivity contribution in [2.75, 3.05) is 13.1 Å². The minimum atomic E-state index is -0.780. The molecule has 0 saturated carbocycles. The number of likely N-dealkylation sites (tertiary alicyclic amines) is 1. The largest absolute Gasteiger partial charge is 0.481 e. The number of piperidine rings is 1. The molecule has 0 atom stereocenters. The van der Waals surface area contributed by atoms with E-state index in [2.05, 4.69) is 28.7 Å². The van der Waals surface area contributed by atoms with Crippen molar-refractivity contribution in [3.05, 3.63) is 23.3 Å². The van der Waals surface area contributed by atoms with Crippen molar-refractivity contribution in [2.45, 2.75) is 58.4 Å². The molecule has 1 aliphatic rings. The number of aryl methyl sites for hydroxylation is 2. The van der Waals surface area contributed by atoms with E-state index >= 15 is 0 Å². The molecule has 1 saturated heterocycles. The lowest BCUT2D eigenvalue weighted by atomic mass is 9.95. The molecule has 1 aliphatic heterocycles. The van der Waals surface area contributed by atoms with Gasteiger partial charge in [0.25, 0.3) is 0 Å². The summed E-state index contributed by atoms with van der Waals surface area (Å²) in [6.45, 7) is 8.59. The minimum absolute atomic E-state index is 0.127. The quantitative estimate of drug-likeness (QED) is 0.902. The molecule has 1 fully saturated rings. The SMILES string of the molecule is Cc1cc(CCC(=O)O)nc(C2CCN(C(C)C)CC2)n1. The maximum Gasteiger partial charge on any atom is 0.303 e. The van der Waals surface area contributed by atoms with Crippen molar-refractivity contribution in [3.8, 4) is 0 Å². The molecule has 0 aromatic carbocycles. The van der Waals surface area contributed by atoms with Gasteiger partial charge in [-0.3, -0.25) is 4.79 Å². The zero-order valence-corrected chi connectivity index (χ0v) is 13.2. The van der Waals surface area contributed by atoms with E-state index in [1.54, 1.807) is 0 Å². The molecule has 116 valence electrons. The van der Waals surface area contributed by atoms with Gasteiger partial charge in [0.05, 0.1) is 6.42 Å². The van der Waals surface area contributed by atoms with Gasteiger partial charge < -0.3 is 10.0 Å². The maximum atomic E-state index is 10.7. The summed E-state index contributed by atoms with van der Waals surface area (Å²) in [5.41, 5.74) is 1.79. The Labute approximate surface area is 126 Å². The Morgan fingerprint density at radius 3 is 2.62 bits per heavy atom. The fraction of sp³-hybridized carbons (Fsp3) is 0.688. The number of nitrogens with zero attached hydrogens (tertiary/aromatic N) is 3. The van der Waals surface area contributed by atoms with Gasteiger partial charge in [-0.2, -0.15) is 0 Å². The predicted molar refractivity (Wildman–Crippen MR) is 81.4 cm³/mol. The van der Waals surface area contributed by atoms with Crippen LogP contribution in [-0.4, -0.2) is 45.1 Å². The molecule has 0 unspecified atom stereocenters. The highest BCUT2D eigenvalue weighted by molar-refractivity contribution is 5.66. The summed E-state index contributed by atoms with van der Waals surface area (Å²) in [4.78, 5) is 22.4. The fourth-order valence-corrected chi connectivity index (χ4v) is 2.88. The Morgan fingerprint density at radius 1 is 1.38 bits per heavy atom. The summed E-state index contributed by atoms with van der Waals surface area (Å²) in [6, 6.07) is 2.49. The molecule has 5 nitrogen and oxygen atoms in total. The first kappa shape index (κ1) is 15.9. The zero-order chi connectivity index (χ0) is 15.4. The van der Waals surface area contributed by atoms with E-state index in [1.165, 1.54) is 0 Å². The first-order chi connectivity index (χ1) is 9.95. The molecule has 21 heavy (non-hydrogen) atoms. The van der Waals surface area contributed by atoms with Crippen LogP contribution in [-0.2, 0) is 11.2 Å². The van der Waals surface area contributed by atoms with E-state index in [0.717, 1.165) is 43.1 Å². The van der Waals surface area contributed by atoms with Crippen LogP contribution in [0.15, 0.2) is 6.07 Å². The summed E-state index contributed by atoms with van der Waals surface area (Å²) in [5.74, 6) is 0.528. The molecule has 0 aliphatic carbocycles. The average Bonchev–Trinajstić information content (AvgIpc) is 2.44. The number of carboxylic acid groups (broad SMARTS) is 1. The van der Waals surface area contributed by atoms with Crippen LogP contribution < -0.4 is 0 Å². The fourth-order valence-electron chi connectivity index (χ4n) is 2.88. The summed E-state index contributed by atoms with van der Waals surface area (Å²) in [6.07, 6.45) is 2.78. The van der Waals surface area contributed by atoms with Crippen LogP contribution in [0, 0.1) is 6.92 Å². The summed E-state index contributed by atoms with van der Waals surface area (Å²) in [7, 11) is 0. The lowest BCUT2D eigenvalue weighted by molar-refractivity contribution is -0.136. The third-order valence-corrected chi connectivity index (χ3v) is 4.14. The van der Waals surface area contributed by atoms with Crippen LogP contribution in [0.4, 0.5) is 0 Å². The van der Waals surface area contributed by atoms with E-state index in [-0.39, 0.29) is 6.42 Å². The smallest absolute Gasteiger partial charge is 0.303 e. The van der Waals surface area contributed by atoms with Gasteiger partial charge in [-0.15, -0.1) is 0 Å². The number of carbonyl (C=O) groups is 1. The molecule has 0 bridgehead atoms. The van der Waals surface area contributed by atoms with E-state index in [9.17, 15) is 4.79 Å². The summed E-state index contributed by atoms with van der Waals surface area (Å²) >= 11 is 0. The third-order valence-electron chi connectivity index (χ3n) is 4.14. The van der Waals surface area contributed by atoms with Crippen LogP contribution in [0.25, 0.3) is 0 Å². The first-order valence-electron chi connectivity index (χ1n) is 7.76. The van der Waals surface area contributed by atoms with Gasteiger partial charge in [-0.05, 0) is 52.8 Å². The Morgan fingerprint density at radius 2 is 2.05 bits per heavy atom. The second kappa shape index (κ2) is 6.98. The van der Waals surface area contributed by atoms with E-state index in [4.69, 9.17) is 5.11 Å². The molecule has 1 aromatic rings. The van der Waals surface area contributed by atoms with Crippen LogP contribution in [0.5, 0.6) is 0 Å². The molecule has 1 N–H and O–H groups in total. The number of aromatic nitrogens is 2. The first-order valence-corrected chi connectivity index (χ1v) is 7.76. The molecular weight excluding hydrogens is 266 g/mol. The van der Waals surface area contributed by atoms with Crippen molar-refractivity contribution in [2.24, 2.45) is 0 Å². The van der Waals surface area contributed by atoms with Crippen LogP contribution in [0.3, 0.4) is 0 Å². The van der Waals surface area contributed by atoms with Gasteiger partial charge >= 0.3 is 5.97 Å². The van der Waals surface area contributed by atoms with Crippen molar-refractivity contribution in [1.82, 2.24) is 14.9 Å². The average molecular weight is 291 g/mol. The molecule has 2 rings (SSSR count). The van der Waals surface area contributed by atoms with Gasteiger partial charge in [0.15, 0.2) is 0 Å². The molecule has 2 heterocycles.